The average molecular weight is 311 g/mol. The molecule has 1 aromatic heterocycles. The molecule has 1 heterocycles. The van der Waals surface area contributed by atoms with Crippen LogP contribution in [0.2, 0.25) is 0 Å². The van der Waals surface area contributed by atoms with E-state index in [1.54, 1.807) is 12.3 Å². The van der Waals surface area contributed by atoms with Crippen molar-refractivity contribution in [3.8, 4) is 0 Å². The maximum Gasteiger partial charge on any atom is 0.362 e. The fourth-order valence-electron chi connectivity index (χ4n) is 1.93. The number of rotatable bonds is 5. The van der Waals surface area contributed by atoms with E-state index in [-0.39, 0.29) is 24.2 Å². The highest BCUT2D eigenvalue weighted by atomic mass is 32.1. The van der Waals surface area contributed by atoms with Gasteiger partial charge in [0.1, 0.15) is 17.6 Å². The molecular formula is C13H17N3O4S. The third-order valence-electron chi connectivity index (χ3n) is 3.02. The Labute approximate surface area is 126 Å². The molecule has 0 atom stereocenters. The van der Waals surface area contributed by atoms with Gasteiger partial charge in [0.05, 0.1) is 6.61 Å². The minimum Gasteiger partial charge on any atom is -0.461 e. The minimum absolute atomic E-state index is 0.00157. The SMILES string of the molecule is CCOC(=O)/C(=N\OC1CCC(=O)CC1)c1csc(N)n1. The molecular weight excluding hydrogens is 294 g/mol. The van der Waals surface area contributed by atoms with Crippen molar-refractivity contribution < 1.29 is 19.2 Å². The fourth-order valence-corrected chi connectivity index (χ4v) is 2.48. The lowest BCUT2D eigenvalue weighted by Gasteiger charge is -2.18. The zero-order chi connectivity index (χ0) is 15.2. The Balaban J connectivity index is 2.09. The van der Waals surface area contributed by atoms with Crippen molar-refractivity contribution >= 4 is 33.9 Å². The number of nitrogens with two attached hydrogens (primary N) is 1. The Morgan fingerprint density at radius 3 is 2.81 bits per heavy atom. The number of esters is 1. The van der Waals surface area contributed by atoms with Crippen molar-refractivity contribution in [1.82, 2.24) is 4.98 Å². The van der Waals surface area contributed by atoms with Crippen LogP contribution in [-0.2, 0) is 19.2 Å². The van der Waals surface area contributed by atoms with Gasteiger partial charge >= 0.3 is 5.97 Å². The lowest BCUT2D eigenvalue weighted by atomic mass is 9.97. The number of ketones is 1. The maximum absolute atomic E-state index is 11.9. The van der Waals surface area contributed by atoms with E-state index in [9.17, 15) is 9.59 Å². The molecule has 1 aliphatic rings. The molecule has 0 unspecified atom stereocenters. The van der Waals surface area contributed by atoms with Gasteiger partial charge in [-0.1, -0.05) is 5.16 Å². The third kappa shape index (κ3) is 4.25. The molecule has 1 saturated carbocycles. The molecule has 1 fully saturated rings. The van der Waals surface area contributed by atoms with E-state index >= 15 is 0 Å². The summed E-state index contributed by atoms with van der Waals surface area (Å²) in [6.07, 6.45) is 2.02. The summed E-state index contributed by atoms with van der Waals surface area (Å²) in [4.78, 5) is 32.5. The molecule has 0 bridgehead atoms. The second-order valence-corrected chi connectivity index (χ2v) is 5.46. The normalized spacial score (nSPS) is 16.8. The number of carbonyl (C=O) groups is 2. The summed E-state index contributed by atoms with van der Waals surface area (Å²) in [7, 11) is 0. The van der Waals surface area contributed by atoms with Gasteiger partial charge in [0.25, 0.3) is 0 Å². The molecule has 8 heteroatoms. The Bertz CT molecular complexity index is 545. The monoisotopic (exact) mass is 311 g/mol. The summed E-state index contributed by atoms with van der Waals surface area (Å²) in [5.41, 5.74) is 5.90. The molecule has 0 spiro atoms. The van der Waals surface area contributed by atoms with E-state index in [2.05, 4.69) is 10.1 Å². The van der Waals surface area contributed by atoms with Crippen LogP contribution >= 0.6 is 11.3 Å². The first kappa shape index (κ1) is 15.4. The number of Topliss-reactive ketones (excluding diaryl/α,β-unsaturated/α-hetero) is 1. The number of anilines is 1. The van der Waals surface area contributed by atoms with Gasteiger partial charge in [0, 0.05) is 18.2 Å². The summed E-state index contributed by atoms with van der Waals surface area (Å²) < 4.78 is 4.94. The summed E-state index contributed by atoms with van der Waals surface area (Å²) >= 11 is 1.21. The average Bonchev–Trinajstić information content (AvgIpc) is 2.88. The predicted octanol–water partition coefficient (Wildman–Crippen LogP) is 1.52. The number of hydrogen-bond donors (Lipinski definition) is 1. The number of nitrogen functional groups attached to an aromatic ring is 1. The quantitative estimate of drug-likeness (QED) is 0.502. The Hall–Kier alpha value is -1.96. The van der Waals surface area contributed by atoms with Crippen LogP contribution in [0.4, 0.5) is 5.13 Å². The van der Waals surface area contributed by atoms with Crippen molar-refractivity contribution in [3.63, 3.8) is 0 Å². The number of thiazole rings is 1. The van der Waals surface area contributed by atoms with E-state index in [1.807, 2.05) is 0 Å². The molecule has 0 aliphatic heterocycles. The molecule has 0 amide bonds. The van der Waals surface area contributed by atoms with Gasteiger partial charge in [-0.15, -0.1) is 11.3 Å². The molecule has 1 aliphatic carbocycles. The van der Waals surface area contributed by atoms with Crippen LogP contribution in [0.3, 0.4) is 0 Å². The van der Waals surface area contributed by atoms with E-state index < -0.39 is 5.97 Å². The van der Waals surface area contributed by atoms with Crippen molar-refractivity contribution in [3.05, 3.63) is 11.1 Å². The number of nitrogens with zero attached hydrogens (tertiary/aromatic N) is 2. The Morgan fingerprint density at radius 2 is 2.24 bits per heavy atom. The van der Waals surface area contributed by atoms with Crippen molar-refractivity contribution in [2.24, 2.45) is 5.16 Å². The van der Waals surface area contributed by atoms with Crippen molar-refractivity contribution in [2.75, 3.05) is 12.3 Å². The van der Waals surface area contributed by atoms with Gasteiger partial charge in [0.15, 0.2) is 5.13 Å². The number of ether oxygens (including phenoxy) is 1. The van der Waals surface area contributed by atoms with E-state index in [0.717, 1.165) is 0 Å². The molecule has 0 saturated heterocycles. The highest BCUT2D eigenvalue weighted by Crippen LogP contribution is 2.19. The number of carbonyl (C=O) groups excluding carboxylic acids is 2. The largest absolute Gasteiger partial charge is 0.461 e. The van der Waals surface area contributed by atoms with Gasteiger partial charge in [-0.25, -0.2) is 9.78 Å². The topological polar surface area (TPSA) is 104 Å². The van der Waals surface area contributed by atoms with Crippen LogP contribution < -0.4 is 5.73 Å². The zero-order valence-electron chi connectivity index (χ0n) is 11.7. The predicted molar refractivity (Wildman–Crippen MR) is 78.0 cm³/mol. The molecule has 21 heavy (non-hydrogen) atoms. The number of oxime groups is 1. The van der Waals surface area contributed by atoms with Crippen LogP contribution in [0.15, 0.2) is 10.5 Å². The molecule has 0 radical (unpaired) electrons. The smallest absolute Gasteiger partial charge is 0.362 e. The maximum atomic E-state index is 11.9. The lowest BCUT2D eigenvalue weighted by Crippen LogP contribution is -2.23. The zero-order valence-corrected chi connectivity index (χ0v) is 12.5. The fraction of sp³-hybridized carbons (Fsp3) is 0.538. The summed E-state index contributed by atoms with van der Waals surface area (Å²) in [6, 6.07) is 0. The first-order chi connectivity index (χ1) is 10.1. The van der Waals surface area contributed by atoms with Gasteiger partial charge in [-0.3, -0.25) is 4.79 Å². The van der Waals surface area contributed by atoms with Crippen molar-refractivity contribution in [1.29, 1.82) is 0 Å². The summed E-state index contributed by atoms with van der Waals surface area (Å²) in [5.74, 6) is -0.369. The van der Waals surface area contributed by atoms with Crippen LogP contribution in [0.25, 0.3) is 0 Å². The second-order valence-electron chi connectivity index (χ2n) is 4.57. The van der Waals surface area contributed by atoms with E-state index in [0.29, 0.717) is 36.5 Å². The van der Waals surface area contributed by atoms with Crippen LogP contribution in [0.1, 0.15) is 38.3 Å². The van der Waals surface area contributed by atoms with Gasteiger partial charge in [-0.05, 0) is 19.8 Å². The first-order valence-corrected chi connectivity index (χ1v) is 7.62. The highest BCUT2D eigenvalue weighted by molar-refractivity contribution is 7.13. The van der Waals surface area contributed by atoms with Gasteiger partial charge in [0.2, 0.25) is 5.71 Å². The number of hydrogen-bond acceptors (Lipinski definition) is 8. The lowest BCUT2D eigenvalue weighted by molar-refractivity contribution is -0.135. The van der Waals surface area contributed by atoms with Gasteiger partial charge < -0.3 is 15.3 Å². The molecule has 114 valence electrons. The van der Waals surface area contributed by atoms with Gasteiger partial charge in [-0.2, -0.15) is 0 Å². The highest BCUT2D eigenvalue weighted by Gasteiger charge is 2.23. The molecule has 2 rings (SSSR count). The van der Waals surface area contributed by atoms with Crippen LogP contribution in [-0.4, -0.2) is 35.2 Å². The molecule has 7 nitrogen and oxygen atoms in total. The van der Waals surface area contributed by atoms with E-state index in [4.69, 9.17) is 15.3 Å². The van der Waals surface area contributed by atoms with Crippen LogP contribution in [0.5, 0.6) is 0 Å². The van der Waals surface area contributed by atoms with Crippen molar-refractivity contribution in [2.45, 2.75) is 38.7 Å². The summed E-state index contributed by atoms with van der Waals surface area (Å²) in [6.45, 7) is 1.94. The molecule has 1 aromatic rings. The Kier molecular flexibility index (Phi) is 5.26. The minimum atomic E-state index is -0.602. The molecule has 2 N–H and O–H groups in total. The first-order valence-electron chi connectivity index (χ1n) is 6.74. The third-order valence-corrected chi connectivity index (χ3v) is 3.69. The second kappa shape index (κ2) is 7.16. The standard InChI is InChI=1S/C13H17N3O4S/c1-2-19-12(18)11(10-7-21-13(14)15-10)16-20-9-5-3-8(17)4-6-9/h7,9H,2-6H2,1H3,(H2,14,15)/b16-11-. The van der Waals surface area contributed by atoms with Crippen LogP contribution in [0, 0.1) is 0 Å². The molecule has 0 aromatic carbocycles. The summed E-state index contributed by atoms with van der Waals surface area (Å²) in [5, 5.41) is 5.86. The van der Waals surface area contributed by atoms with E-state index in [1.165, 1.54) is 11.3 Å². The Morgan fingerprint density at radius 1 is 1.52 bits per heavy atom. The number of aromatic nitrogens is 1.